The third-order valence-electron chi connectivity index (χ3n) is 10.2. The van der Waals surface area contributed by atoms with Crippen LogP contribution in [0.15, 0.2) is 48.8 Å². The summed E-state index contributed by atoms with van der Waals surface area (Å²) in [6, 6.07) is 9.78. The normalized spacial score (nSPS) is 16.7. The molecule has 52 heavy (non-hydrogen) atoms. The molecule has 10 nitrogen and oxygen atoms in total. The van der Waals surface area contributed by atoms with Crippen molar-refractivity contribution in [3.05, 3.63) is 77.1 Å². The number of halogens is 1. The summed E-state index contributed by atoms with van der Waals surface area (Å²) in [6.07, 6.45) is 9.03. The molecule has 11 heteroatoms. The number of methoxy groups -OCH3 is 1. The molecule has 1 saturated heterocycles. The zero-order chi connectivity index (χ0) is 36.7. The topological polar surface area (TPSA) is 93.0 Å². The summed E-state index contributed by atoms with van der Waals surface area (Å²) in [5.41, 5.74) is 7.47. The second-order valence-electron chi connectivity index (χ2n) is 15.3. The van der Waals surface area contributed by atoms with Gasteiger partial charge in [-0.25, -0.2) is 14.2 Å². The van der Waals surface area contributed by atoms with Crippen LogP contribution in [0.3, 0.4) is 0 Å². The minimum absolute atomic E-state index is 0.0376. The Morgan fingerprint density at radius 1 is 0.942 bits per heavy atom. The Hall–Kier alpha value is -4.93. The van der Waals surface area contributed by atoms with Crippen LogP contribution in [0.2, 0.25) is 0 Å². The average molecular weight is 709 g/mol. The van der Waals surface area contributed by atoms with Crippen LogP contribution < -0.4 is 9.64 Å². The number of rotatable bonds is 8. The molecular weight excluding hydrogens is 659 g/mol. The molecular formula is C41H49FN6O4. The number of aryl methyl sites for hydroxylation is 2. The lowest BCUT2D eigenvalue weighted by Crippen LogP contribution is -2.49. The monoisotopic (exact) mass is 708 g/mol. The molecule has 1 saturated carbocycles. The summed E-state index contributed by atoms with van der Waals surface area (Å²) in [7, 11) is 1.51. The van der Waals surface area contributed by atoms with Gasteiger partial charge in [0.25, 0.3) is 5.91 Å². The molecule has 3 aliphatic rings. The van der Waals surface area contributed by atoms with E-state index in [1.54, 1.807) is 4.90 Å². The van der Waals surface area contributed by atoms with Crippen LogP contribution in [0.4, 0.5) is 15.0 Å². The number of carbonyl (C=O) groups excluding carboxylic acids is 2. The Balaban J connectivity index is 1.28. The van der Waals surface area contributed by atoms with Crippen LogP contribution in [0.1, 0.15) is 74.3 Å². The molecule has 0 spiro atoms. The van der Waals surface area contributed by atoms with Gasteiger partial charge in [-0.2, -0.15) is 0 Å². The van der Waals surface area contributed by atoms with E-state index >= 15 is 0 Å². The molecule has 0 unspecified atom stereocenters. The molecule has 0 N–H and O–H groups in total. The summed E-state index contributed by atoms with van der Waals surface area (Å²) in [5, 5.41) is 0.994. The molecule has 1 aliphatic carbocycles. The zero-order valence-corrected chi connectivity index (χ0v) is 31.2. The van der Waals surface area contributed by atoms with E-state index in [9.17, 15) is 14.0 Å². The lowest BCUT2D eigenvalue weighted by molar-refractivity contribution is 0.0272. The number of aromatic nitrogens is 3. The molecule has 1 aromatic carbocycles. The van der Waals surface area contributed by atoms with Crippen molar-refractivity contribution in [2.75, 3.05) is 51.3 Å². The number of hydrogen-bond donors (Lipinski definition) is 0. The van der Waals surface area contributed by atoms with Crippen LogP contribution in [0.25, 0.3) is 27.6 Å². The summed E-state index contributed by atoms with van der Waals surface area (Å²) < 4.78 is 27.4. The summed E-state index contributed by atoms with van der Waals surface area (Å²) in [5.74, 6) is 1.05. The zero-order valence-electron chi connectivity index (χ0n) is 31.2. The Morgan fingerprint density at radius 2 is 1.71 bits per heavy atom. The number of nitrogens with zero attached hydrogens (tertiary/aromatic N) is 6. The first-order valence-corrected chi connectivity index (χ1v) is 18.5. The second-order valence-corrected chi connectivity index (χ2v) is 15.3. The van der Waals surface area contributed by atoms with E-state index in [4.69, 9.17) is 14.5 Å². The molecule has 7 rings (SSSR count). The van der Waals surface area contributed by atoms with Gasteiger partial charge in [-0.1, -0.05) is 13.0 Å². The van der Waals surface area contributed by atoms with Crippen molar-refractivity contribution < 1.29 is 23.5 Å². The Bertz CT molecular complexity index is 2040. The van der Waals surface area contributed by atoms with Crippen molar-refractivity contribution >= 4 is 34.3 Å². The molecule has 2 aliphatic heterocycles. The van der Waals surface area contributed by atoms with E-state index in [-0.39, 0.29) is 12.0 Å². The quantitative estimate of drug-likeness (QED) is 0.187. The van der Waals surface area contributed by atoms with Crippen LogP contribution in [-0.2, 0) is 17.7 Å². The number of benzene rings is 1. The highest BCUT2D eigenvalue weighted by Gasteiger charge is 2.31. The van der Waals surface area contributed by atoms with Gasteiger partial charge in [0, 0.05) is 85.0 Å². The summed E-state index contributed by atoms with van der Waals surface area (Å²) in [4.78, 5) is 42.3. The SMILES string of the molecule is CCc1cc(C)ncc1-c1cc(C(=O)N2CCN(c3ncc(F)cc3OC)CC2)cc2cc(C3=CCCN(C(=O)OC(C)(C)C)C3)n(CC3CC3)c12. The number of ether oxygens (including phenoxy) is 2. The molecule has 0 radical (unpaired) electrons. The molecule has 4 aromatic rings. The lowest BCUT2D eigenvalue weighted by Gasteiger charge is -2.36. The number of fused-ring (bicyclic) bond motifs is 1. The van der Waals surface area contributed by atoms with Crippen molar-refractivity contribution in [2.24, 2.45) is 5.92 Å². The Morgan fingerprint density at radius 3 is 2.40 bits per heavy atom. The largest absolute Gasteiger partial charge is 0.493 e. The Labute approximate surface area is 305 Å². The highest BCUT2D eigenvalue weighted by Crippen LogP contribution is 2.41. The maximum Gasteiger partial charge on any atom is 0.410 e. The van der Waals surface area contributed by atoms with Crippen LogP contribution in [-0.4, -0.2) is 88.3 Å². The smallest absolute Gasteiger partial charge is 0.410 e. The van der Waals surface area contributed by atoms with Gasteiger partial charge in [-0.05, 0) is 94.7 Å². The van der Waals surface area contributed by atoms with Crippen LogP contribution in [0.5, 0.6) is 5.75 Å². The first-order valence-electron chi connectivity index (χ1n) is 18.5. The molecule has 5 heterocycles. The van der Waals surface area contributed by atoms with E-state index in [1.165, 1.54) is 37.8 Å². The molecule has 0 atom stereocenters. The summed E-state index contributed by atoms with van der Waals surface area (Å²) in [6.45, 7) is 13.8. The third kappa shape index (κ3) is 7.36. The fourth-order valence-corrected chi connectivity index (χ4v) is 7.43. The van der Waals surface area contributed by atoms with Gasteiger partial charge >= 0.3 is 6.09 Å². The fourth-order valence-electron chi connectivity index (χ4n) is 7.43. The van der Waals surface area contributed by atoms with Crippen molar-refractivity contribution in [2.45, 2.75) is 72.4 Å². The number of carbonyl (C=O) groups is 2. The lowest BCUT2D eigenvalue weighted by atomic mass is 9.95. The first-order chi connectivity index (χ1) is 24.9. The summed E-state index contributed by atoms with van der Waals surface area (Å²) >= 11 is 0. The molecule has 274 valence electrons. The number of piperazine rings is 1. The third-order valence-corrected chi connectivity index (χ3v) is 10.2. The highest BCUT2D eigenvalue weighted by molar-refractivity contribution is 6.05. The average Bonchev–Trinajstić information content (AvgIpc) is 3.88. The molecule has 0 bridgehead atoms. The number of amides is 2. The minimum Gasteiger partial charge on any atom is -0.493 e. The molecule has 2 amide bonds. The van der Waals surface area contributed by atoms with Crippen LogP contribution >= 0.6 is 0 Å². The minimum atomic E-state index is -0.576. The van der Waals surface area contributed by atoms with Crippen molar-refractivity contribution in [1.82, 2.24) is 24.3 Å². The van der Waals surface area contributed by atoms with E-state index in [2.05, 4.69) is 40.7 Å². The predicted molar refractivity (Wildman–Crippen MR) is 201 cm³/mol. The standard InChI is InChI=1S/C41H49FN6O4/c1-7-28-17-26(2)43-23-34(28)33-19-31(39(49)46-15-13-45(14-16-46)38-36(51-6)21-32(42)22-44-38)18-30-20-35(48(37(30)33)24-27-10-11-27)29-9-8-12-47(25-29)40(50)52-41(3,4)5/h9,17-23,27H,7-8,10-16,24-25H2,1-6H3. The Kier molecular flexibility index (Phi) is 9.71. The van der Waals surface area contributed by atoms with Gasteiger partial charge in [-0.3, -0.25) is 9.78 Å². The van der Waals surface area contributed by atoms with Gasteiger partial charge < -0.3 is 28.7 Å². The maximum absolute atomic E-state index is 14.4. The number of anilines is 1. The maximum atomic E-state index is 14.4. The van der Waals surface area contributed by atoms with Crippen molar-refractivity contribution in [3.8, 4) is 16.9 Å². The number of hydrogen-bond acceptors (Lipinski definition) is 7. The van der Waals surface area contributed by atoms with Gasteiger partial charge in [0.2, 0.25) is 0 Å². The predicted octanol–water partition coefficient (Wildman–Crippen LogP) is 7.51. The van der Waals surface area contributed by atoms with Crippen molar-refractivity contribution in [1.29, 1.82) is 0 Å². The molecule has 2 fully saturated rings. The van der Waals surface area contributed by atoms with E-state index in [0.717, 1.165) is 58.4 Å². The van der Waals surface area contributed by atoms with E-state index < -0.39 is 11.4 Å². The fraction of sp³-hybridized carbons (Fsp3) is 0.463. The van der Waals surface area contributed by atoms with Gasteiger partial charge in [0.1, 0.15) is 11.4 Å². The highest BCUT2D eigenvalue weighted by atomic mass is 19.1. The molecule has 3 aromatic heterocycles. The van der Waals surface area contributed by atoms with Gasteiger partial charge in [0.15, 0.2) is 11.6 Å². The number of pyridine rings is 2. The van der Waals surface area contributed by atoms with Crippen LogP contribution in [0, 0.1) is 18.7 Å². The first kappa shape index (κ1) is 35.5. The van der Waals surface area contributed by atoms with E-state index in [1.807, 2.05) is 49.8 Å². The van der Waals surface area contributed by atoms with Gasteiger partial charge in [-0.15, -0.1) is 0 Å². The van der Waals surface area contributed by atoms with E-state index in [0.29, 0.717) is 62.3 Å². The van der Waals surface area contributed by atoms with Gasteiger partial charge in [0.05, 0.1) is 25.4 Å². The van der Waals surface area contributed by atoms with Crippen molar-refractivity contribution in [3.63, 3.8) is 0 Å². The second kappa shape index (κ2) is 14.2.